The minimum Gasteiger partial charge on any atom is -0.373 e. The van der Waals surface area contributed by atoms with Gasteiger partial charge in [-0.3, -0.25) is 0 Å². The van der Waals surface area contributed by atoms with Gasteiger partial charge < -0.3 is 26.6 Å². The highest BCUT2D eigenvalue weighted by Crippen LogP contribution is 2.37. The van der Waals surface area contributed by atoms with Crippen LogP contribution < -0.4 is 0 Å². The quantitative estimate of drug-likeness (QED) is 0.239. The molecule has 0 aliphatic rings. The molecule has 0 aromatic heterocycles. The minimum absolute atomic E-state index is 0.172. The van der Waals surface area contributed by atoms with Crippen molar-refractivity contribution in [1.82, 2.24) is 0 Å². The Labute approximate surface area is 176 Å². The van der Waals surface area contributed by atoms with Gasteiger partial charge in [0.25, 0.3) is 0 Å². The summed E-state index contributed by atoms with van der Waals surface area (Å²) < 4.78 is 38.3. The molecule has 0 aliphatic heterocycles. The molecule has 6 nitrogen and oxygen atoms in total. The molecule has 8 heteroatoms. The van der Waals surface area contributed by atoms with Gasteiger partial charge in [-0.15, -0.1) is 0 Å². The summed E-state index contributed by atoms with van der Waals surface area (Å²) in [4.78, 5) is 0. The molecule has 170 valence electrons. The van der Waals surface area contributed by atoms with E-state index in [1.54, 1.807) is 0 Å². The van der Waals surface area contributed by atoms with Crippen LogP contribution in [0.25, 0.3) is 0 Å². The van der Waals surface area contributed by atoms with Crippen molar-refractivity contribution in [3.8, 4) is 0 Å². The van der Waals surface area contributed by atoms with Gasteiger partial charge in [0.15, 0.2) is 0 Å². The molecule has 0 rings (SSSR count). The molecule has 0 aromatic carbocycles. The van der Waals surface area contributed by atoms with Crippen LogP contribution in [0, 0.1) is 0 Å². The largest absolute Gasteiger partial charge is 0.508 e. The predicted octanol–water partition coefficient (Wildman–Crippen LogP) is 5.35. The lowest BCUT2D eigenvalue weighted by molar-refractivity contribution is 0.0240. The van der Waals surface area contributed by atoms with Crippen molar-refractivity contribution in [2.24, 2.45) is 0 Å². The van der Waals surface area contributed by atoms with Crippen LogP contribution in [0.1, 0.15) is 87.0 Å². The van der Waals surface area contributed by atoms with Gasteiger partial charge in [0, 0.05) is 39.6 Å². The Morgan fingerprint density at radius 2 is 0.607 bits per heavy atom. The van der Waals surface area contributed by atoms with Crippen molar-refractivity contribution >= 4 is 17.6 Å². The third kappa shape index (κ3) is 9.34. The van der Waals surface area contributed by atoms with Crippen molar-refractivity contribution in [3.63, 3.8) is 0 Å². The number of hydrogen-bond donors (Lipinski definition) is 0. The molecule has 0 saturated carbocycles. The van der Waals surface area contributed by atoms with Crippen molar-refractivity contribution in [2.75, 3.05) is 39.6 Å². The molecule has 0 radical (unpaired) electrons. The van der Waals surface area contributed by atoms with Crippen molar-refractivity contribution in [3.05, 3.63) is 0 Å². The maximum absolute atomic E-state index is 6.38. The Bertz CT molecular complexity index is 284. The molecule has 0 aromatic rings. The maximum atomic E-state index is 6.38. The predicted molar refractivity (Wildman–Crippen MR) is 118 cm³/mol. The van der Waals surface area contributed by atoms with E-state index in [-0.39, 0.29) is 5.16 Å². The average Bonchev–Trinajstić information content (AvgIpc) is 2.73. The van der Waals surface area contributed by atoms with Gasteiger partial charge in [-0.2, -0.15) is 0 Å². The second-order valence-corrected chi connectivity index (χ2v) is 13.5. The molecular formula is C20H46O6Si2. The van der Waals surface area contributed by atoms with Crippen LogP contribution in [0.3, 0.4) is 0 Å². The van der Waals surface area contributed by atoms with E-state index in [4.69, 9.17) is 26.6 Å². The summed E-state index contributed by atoms with van der Waals surface area (Å²) in [5.74, 6) is 0. The van der Waals surface area contributed by atoms with Gasteiger partial charge in [0.05, 0.1) is 5.16 Å². The van der Waals surface area contributed by atoms with Gasteiger partial charge in [-0.25, -0.2) is 0 Å². The van der Waals surface area contributed by atoms with E-state index in [0.717, 1.165) is 38.5 Å². The summed E-state index contributed by atoms with van der Waals surface area (Å²) in [5.41, 5.74) is 0. The Morgan fingerprint density at radius 1 is 0.429 bits per heavy atom. The summed E-state index contributed by atoms with van der Waals surface area (Å²) in [6, 6.07) is 0. The first-order valence-corrected chi connectivity index (χ1v) is 15.0. The van der Waals surface area contributed by atoms with Gasteiger partial charge in [-0.1, -0.05) is 48.5 Å². The summed E-state index contributed by atoms with van der Waals surface area (Å²) in [6.45, 7) is 18.3. The molecule has 0 aliphatic carbocycles. The van der Waals surface area contributed by atoms with Crippen molar-refractivity contribution in [1.29, 1.82) is 0 Å². The standard InChI is InChI=1S/C20H46O6Si2/c1-8-14-21-27(22-15-9-2,23-16-10-3)20(7)28(24-17-11-4,25-18-12-5)26-19-13-6/h20H,8-19H2,1-7H3. The molecule has 28 heavy (non-hydrogen) atoms. The van der Waals surface area contributed by atoms with Crippen LogP contribution in [0.2, 0.25) is 5.16 Å². The SMILES string of the molecule is CCCO[Si](OCCC)(OCCC)C(C)[Si](OCCC)(OCCC)OCCC. The highest BCUT2D eigenvalue weighted by Gasteiger charge is 2.63. The second-order valence-electron chi connectivity index (χ2n) is 7.02. The Morgan fingerprint density at radius 3 is 0.750 bits per heavy atom. The minimum atomic E-state index is -3.06. The van der Waals surface area contributed by atoms with E-state index in [9.17, 15) is 0 Å². The molecule has 0 bridgehead atoms. The lowest BCUT2D eigenvalue weighted by Gasteiger charge is -2.41. The first-order valence-electron chi connectivity index (χ1n) is 11.4. The van der Waals surface area contributed by atoms with E-state index >= 15 is 0 Å². The van der Waals surface area contributed by atoms with Crippen LogP contribution in [-0.2, 0) is 26.6 Å². The molecule has 0 unspecified atom stereocenters. The molecule has 0 fully saturated rings. The summed E-state index contributed by atoms with van der Waals surface area (Å²) >= 11 is 0. The summed E-state index contributed by atoms with van der Waals surface area (Å²) in [5, 5.41) is -0.172. The van der Waals surface area contributed by atoms with Crippen LogP contribution in [0.15, 0.2) is 0 Å². The Balaban J connectivity index is 5.99. The fraction of sp³-hybridized carbons (Fsp3) is 1.00. The summed E-state index contributed by atoms with van der Waals surface area (Å²) in [7, 11) is -6.12. The zero-order chi connectivity index (χ0) is 21.3. The lowest BCUT2D eigenvalue weighted by atomic mass is 10.5. The molecule has 0 saturated heterocycles. The van der Waals surface area contributed by atoms with Crippen LogP contribution in [0.4, 0.5) is 0 Å². The van der Waals surface area contributed by atoms with E-state index in [0.29, 0.717) is 39.6 Å². The lowest BCUT2D eigenvalue weighted by Crippen LogP contribution is -2.63. The smallest absolute Gasteiger partial charge is 0.373 e. The average molecular weight is 439 g/mol. The fourth-order valence-corrected chi connectivity index (χ4v) is 10.8. The molecule has 0 heterocycles. The van der Waals surface area contributed by atoms with Crippen LogP contribution >= 0.6 is 0 Å². The monoisotopic (exact) mass is 438 g/mol. The Hall–Kier alpha value is 0.194. The maximum Gasteiger partial charge on any atom is 0.508 e. The first-order chi connectivity index (χ1) is 13.5. The van der Waals surface area contributed by atoms with Crippen LogP contribution in [0.5, 0.6) is 0 Å². The highest BCUT2D eigenvalue weighted by atomic mass is 28.5. The third-order valence-electron chi connectivity index (χ3n) is 4.10. The normalized spacial score (nSPS) is 12.9. The number of rotatable bonds is 20. The Kier molecular flexibility index (Phi) is 17.1. The van der Waals surface area contributed by atoms with Gasteiger partial charge in [0.2, 0.25) is 0 Å². The van der Waals surface area contributed by atoms with E-state index in [1.165, 1.54) is 0 Å². The number of hydrogen-bond acceptors (Lipinski definition) is 6. The highest BCUT2D eigenvalue weighted by molar-refractivity contribution is 6.82. The third-order valence-corrected chi connectivity index (χ3v) is 12.0. The van der Waals surface area contributed by atoms with Gasteiger partial charge in [0.1, 0.15) is 0 Å². The van der Waals surface area contributed by atoms with E-state index < -0.39 is 17.6 Å². The van der Waals surface area contributed by atoms with E-state index in [2.05, 4.69) is 48.5 Å². The summed E-state index contributed by atoms with van der Waals surface area (Å²) in [6.07, 6.45) is 5.43. The zero-order valence-corrected chi connectivity index (χ0v) is 21.5. The topological polar surface area (TPSA) is 55.4 Å². The zero-order valence-electron chi connectivity index (χ0n) is 19.5. The van der Waals surface area contributed by atoms with Gasteiger partial charge >= 0.3 is 17.6 Å². The molecule has 0 amide bonds. The molecule has 0 spiro atoms. The first kappa shape index (κ1) is 28.2. The van der Waals surface area contributed by atoms with E-state index in [1.807, 2.05) is 0 Å². The molecular weight excluding hydrogens is 392 g/mol. The second kappa shape index (κ2) is 16.9. The van der Waals surface area contributed by atoms with Crippen LogP contribution in [-0.4, -0.2) is 57.3 Å². The van der Waals surface area contributed by atoms with Crippen molar-refractivity contribution < 1.29 is 26.6 Å². The molecule has 0 N–H and O–H groups in total. The van der Waals surface area contributed by atoms with Gasteiger partial charge in [-0.05, 0) is 38.5 Å². The van der Waals surface area contributed by atoms with Crippen molar-refractivity contribution in [2.45, 2.75) is 92.2 Å². The molecule has 0 atom stereocenters. The fourth-order valence-electron chi connectivity index (χ4n) is 2.68.